The van der Waals surface area contributed by atoms with Crippen molar-refractivity contribution in [1.82, 2.24) is 0 Å². The Morgan fingerprint density at radius 2 is 0.913 bits per heavy atom. The maximum Gasteiger partial charge on any atom is 0.252 e. The third-order valence-corrected chi connectivity index (χ3v) is 9.99. The molecule has 0 unspecified atom stereocenters. The number of benzene rings is 5. The van der Waals surface area contributed by atoms with E-state index in [2.05, 4.69) is 171 Å². The molecule has 0 fully saturated rings. The minimum absolute atomic E-state index is 0.0385. The molecule has 2 nitrogen and oxygen atoms in total. The second-order valence-corrected chi connectivity index (χ2v) is 16.0. The summed E-state index contributed by atoms with van der Waals surface area (Å²) in [5.41, 5.74) is 21.1. The van der Waals surface area contributed by atoms with E-state index in [0.29, 0.717) is 0 Å². The van der Waals surface area contributed by atoms with Gasteiger partial charge in [-0.3, -0.25) is 0 Å². The van der Waals surface area contributed by atoms with Crippen LogP contribution >= 0.6 is 0 Å². The van der Waals surface area contributed by atoms with Gasteiger partial charge in [-0.2, -0.15) is 0 Å². The Balaban J connectivity index is 1.60. The van der Waals surface area contributed by atoms with E-state index in [-0.39, 0.29) is 17.5 Å². The first kappa shape index (κ1) is 30.4. The Hall–Kier alpha value is -4.24. The summed E-state index contributed by atoms with van der Waals surface area (Å²) in [4.78, 5) is 5.09. The van der Waals surface area contributed by atoms with Crippen LogP contribution in [-0.4, -0.2) is 6.71 Å². The molecule has 0 aromatic heterocycles. The van der Waals surface area contributed by atoms with Crippen molar-refractivity contribution in [2.45, 2.75) is 87.0 Å². The Morgan fingerprint density at radius 3 is 1.48 bits per heavy atom. The highest BCUT2D eigenvalue weighted by Gasteiger charge is 2.44. The number of hydrogen-bond donors (Lipinski definition) is 0. The topological polar surface area (TPSA) is 6.48 Å². The van der Waals surface area contributed by atoms with E-state index in [1.807, 2.05) is 0 Å². The Morgan fingerprint density at radius 1 is 0.435 bits per heavy atom. The molecule has 0 saturated heterocycles. The van der Waals surface area contributed by atoms with E-state index in [0.717, 1.165) is 0 Å². The normalized spacial score (nSPS) is 13.8. The number of hydrogen-bond acceptors (Lipinski definition) is 2. The molecule has 0 amide bonds. The molecule has 46 heavy (non-hydrogen) atoms. The second kappa shape index (κ2) is 10.4. The Labute approximate surface area is 277 Å². The lowest BCUT2D eigenvalue weighted by Crippen LogP contribution is -2.62. The SMILES string of the molecule is Cc1cc(C)cc(N2c3ccc(C(C)(C)C)cc3B3c4c(C)cc(C)cc4N(c4ccc(C(C)(C)C)cc4)c4cc(C)cc2c43)c1. The zero-order valence-corrected chi connectivity index (χ0v) is 29.6. The number of rotatable bonds is 2. The molecule has 0 atom stereocenters. The number of aryl methyl sites for hydroxylation is 5. The standard InChI is InChI=1S/C43H47BN2/c1-26-18-27(2)21-34(20-26)46-36-17-14-32(43(9,10)11)25-35(36)44-40-30(5)19-28(3)22-37(40)45(38-23-29(4)24-39(46)41(38)44)33-15-12-31(13-16-33)42(6,7)8/h12-25H,1-11H3. The van der Waals surface area contributed by atoms with Gasteiger partial charge in [0, 0.05) is 34.1 Å². The smallest absolute Gasteiger partial charge is 0.252 e. The lowest BCUT2D eigenvalue weighted by Gasteiger charge is -2.45. The van der Waals surface area contributed by atoms with Crippen molar-refractivity contribution >= 4 is 57.2 Å². The first-order valence-corrected chi connectivity index (χ1v) is 16.8. The fourth-order valence-corrected chi connectivity index (χ4v) is 7.86. The van der Waals surface area contributed by atoms with Crippen LogP contribution in [0, 0.1) is 34.6 Å². The van der Waals surface area contributed by atoms with Crippen LogP contribution in [0.3, 0.4) is 0 Å². The van der Waals surface area contributed by atoms with Crippen molar-refractivity contribution in [2.75, 3.05) is 9.80 Å². The van der Waals surface area contributed by atoms with Gasteiger partial charge < -0.3 is 9.80 Å². The Bertz CT molecular complexity index is 2000. The highest BCUT2D eigenvalue weighted by molar-refractivity contribution is 7.00. The quantitative estimate of drug-likeness (QED) is 0.182. The molecule has 3 heteroatoms. The molecule has 0 spiro atoms. The lowest BCUT2D eigenvalue weighted by atomic mass is 9.32. The molecule has 2 aliphatic heterocycles. The van der Waals surface area contributed by atoms with Crippen LogP contribution in [0.4, 0.5) is 34.1 Å². The van der Waals surface area contributed by atoms with Crippen LogP contribution in [0.2, 0.25) is 0 Å². The zero-order valence-electron chi connectivity index (χ0n) is 29.6. The van der Waals surface area contributed by atoms with Crippen molar-refractivity contribution in [3.8, 4) is 0 Å². The number of fused-ring (bicyclic) bond motifs is 4. The van der Waals surface area contributed by atoms with Gasteiger partial charge in [-0.05, 0) is 144 Å². The van der Waals surface area contributed by atoms with Crippen molar-refractivity contribution in [3.05, 3.63) is 124 Å². The van der Waals surface area contributed by atoms with E-state index in [1.54, 1.807) is 0 Å². The molecule has 2 aliphatic rings. The molecule has 0 bridgehead atoms. The molecular formula is C43H47BN2. The summed E-state index contributed by atoms with van der Waals surface area (Å²) in [5, 5.41) is 0. The summed E-state index contributed by atoms with van der Waals surface area (Å²) < 4.78 is 0. The summed E-state index contributed by atoms with van der Waals surface area (Å²) in [6.07, 6.45) is 0. The molecule has 5 aromatic carbocycles. The van der Waals surface area contributed by atoms with Gasteiger partial charge in [-0.15, -0.1) is 0 Å². The molecule has 2 heterocycles. The van der Waals surface area contributed by atoms with Gasteiger partial charge in [-0.25, -0.2) is 0 Å². The average molecular weight is 603 g/mol. The van der Waals surface area contributed by atoms with E-state index in [4.69, 9.17) is 0 Å². The summed E-state index contributed by atoms with van der Waals surface area (Å²) in [7, 11) is 0. The molecule has 0 aliphatic carbocycles. The maximum absolute atomic E-state index is 2.54. The first-order valence-electron chi connectivity index (χ1n) is 16.8. The van der Waals surface area contributed by atoms with Crippen molar-refractivity contribution in [2.24, 2.45) is 0 Å². The fourth-order valence-electron chi connectivity index (χ4n) is 7.86. The van der Waals surface area contributed by atoms with Crippen LogP contribution in [0.1, 0.15) is 80.5 Å². The van der Waals surface area contributed by atoms with Gasteiger partial charge in [0.1, 0.15) is 0 Å². The molecule has 7 rings (SSSR count). The minimum Gasteiger partial charge on any atom is -0.311 e. The average Bonchev–Trinajstić information content (AvgIpc) is 2.95. The van der Waals surface area contributed by atoms with Crippen LogP contribution in [0.5, 0.6) is 0 Å². The van der Waals surface area contributed by atoms with E-state index < -0.39 is 0 Å². The van der Waals surface area contributed by atoms with Gasteiger partial charge >= 0.3 is 0 Å². The first-order chi connectivity index (χ1) is 21.6. The number of anilines is 6. The van der Waals surface area contributed by atoms with Crippen molar-refractivity contribution in [3.63, 3.8) is 0 Å². The van der Waals surface area contributed by atoms with Crippen LogP contribution in [0.25, 0.3) is 0 Å². The van der Waals surface area contributed by atoms with Gasteiger partial charge in [-0.1, -0.05) is 83.5 Å². The van der Waals surface area contributed by atoms with Gasteiger partial charge in [0.15, 0.2) is 0 Å². The van der Waals surface area contributed by atoms with Crippen LogP contribution in [0.15, 0.2) is 84.9 Å². The maximum atomic E-state index is 2.54. The number of nitrogens with zero attached hydrogens (tertiary/aromatic N) is 2. The highest BCUT2D eigenvalue weighted by atomic mass is 15.2. The van der Waals surface area contributed by atoms with Crippen molar-refractivity contribution < 1.29 is 0 Å². The lowest BCUT2D eigenvalue weighted by molar-refractivity contribution is 0.590. The summed E-state index contributed by atoms with van der Waals surface area (Å²) in [6, 6.07) is 33.1. The van der Waals surface area contributed by atoms with Crippen LogP contribution in [-0.2, 0) is 10.8 Å². The second-order valence-electron chi connectivity index (χ2n) is 16.0. The largest absolute Gasteiger partial charge is 0.311 e. The molecule has 232 valence electrons. The van der Waals surface area contributed by atoms with Gasteiger partial charge in [0.25, 0.3) is 6.71 Å². The van der Waals surface area contributed by atoms with E-state index in [1.165, 1.54) is 89.5 Å². The highest BCUT2D eigenvalue weighted by Crippen LogP contribution is 2.46. The zero-order chi connectivity index (χ0) is 32.9. The molecule has 5 aromatic rings. The molecule has 0 radical (unpaired) electrons. The summed E-state index contributed by atoms with van der Waals surface area (Å²) in [6.45, 7) is 25.2. The van der Waals surface area contributed by atoms with E-state index in [9.17, 15) is 0 Å². The van der Waals surface area contributed by atoms with Crippen LogP contribution < -0.4 is 26.2 Å². The monoisotopic (exact) mass is 602 g/mol. The molecular weight excluding hydrogens is 555 g/mol. The minimum atomic E-state index is 0.0385. The Kier molecular flexibility index (Phi) is 6.87. The fraction of sp³-hybridized carbons (Fsp3) is 0.302. The molecule has 0 saturated carbocycles. The van der Waals surface area contributed by atoms with E-state index >= 15 is 0 Å². The third kappa shape index (κ3) is 4.87. The summed E-state index contributed by atoms with van der Waals surface area (Å²) >= 11 is 0. The third-order valence-electron chi connectivity index (χ3n) is 9.99. The van der Waals surface area contributed by atoms with Gasteiger partial charge in [0.05, 0.1) is 0 Å². The predicted octanol–water partition coefficient (Wildman–Crippen LogP) is 9.91. The molecule has 0 N–H and O–H groups in total. The van der Waals surface area contributed by atoms with Crippen molar-refractivity contribution in [1.29, 1.82) is 0 Å². The predicted molar refractivity (Wildman–Crippen MR) is 202 cm³/mol. The van der Waals surface area contributed by atoms with Gasteiger partial charge in [0.2, 0.25) is 0 Å². The summed E-state index contributed by atoms with van der Waals surface area (Å²) in [5.74, 6) is 0.